The summed E-state index contributed by atoms with van der Waals surface area (Å²) in [6.45, 7) is 2.19. The lowest BCUT2D eigenvalue weighted by Gasteiger charge is -2.10. The van der Waals surface area contributed by atoms with E-state index < -0.39 is 0 Å². The van der Waals surface area contributed by atoms with E-state index in [1.165, 1.54) is 11.1 Å². The number of aromatic nitrogens is 2. The third-order valence-corrected chi connectivity index (χ3v) is 5.89. The third-order valence-electron chi connectivity index (χ3n) is 3.10. The number of hydrogen-bond donors (Lipinski definition) is 1. The first-order valence-electron chi connectivity index (χ1n) is 5.82. The molecule has 2 aromatic rings. The molecule has 1 heterocycles. The highest BCUT2D eigenvalue weighted by molar-refractivity contribution is 14.2. The standard InChI is InChI=1S/C12H14BrIN3OP/c1-7-4-11-10(6-16-17(11)19-14)12(13)9(7)3-2-8(18)5-15/h4,6,19H,2-3,5,15H2,1H3. The molecule has 0 saturated heterocycles. The van der Waals surface area contributed by atoms with Gasteiger partial charge in [0.2, 0.25) is 0 Å². The molecule has 2 rings (SSSR count). The van der Waals surface area contributed by atoms with Crippen LogP contribution in [-0.2, 0) is 11.2 Å². The van der Waals surface area contributed by atoms with Crippen LogP contribution in [-0.4, -0.2) is 21.9 Å². The Labute approximate surface area is 134 Å². The Hall–Kier alpha value is -0.0400. The second-order valence-corrected chi connectivity index (χ2v) is 7.14. The number of halogens is 2. The first-order chi connectivity index (χ1) is 9.08. The lowest BCUT2D eigenvalue weighted by molar-refractivity contribution is -0.117. The number of carbonyl (C=O) groups is 1. The summed E-state index contributed by atoms with van der Waals surface area (Å²) in [5.41, 5.74) is 8.83. The van der Waals surface area contributed by atoms with Crippen LogP contribution in [0.25, 0.3) is 10.9 Å². The second kappa shape index (κ2) is 6.61. The molecule has 0 aliphatic carbocycles. The van der Waals surface area contributed by atoms with Crippen molar-refractivity contribution >= 4 is 61.0 Å². The van der Waals surface area contributed by atoms with Crippen molar-refractivity contribution in [2.45, 2.75) is 19.8 Å². The van der Waals surface area contributed by atoms with Crippen LogP contribution in [0.15, 0.2) is 16.7 Å². The van der Waals surface area contributed by atoms with Crippen molar-refractivity contribution in [3.63, 3.8) is 0 Å². The Morgan fingerprint density at radius 3 is 3.00 bits per heavy atom. The molecule has 1 aromatic heterocycles. The summed E-state index contributed by atoms with van der Waals surface area (Å²) < 4.78 is 3.04. The number of Topliss-reactive ketones (excluding diaryl/α,β-unsaturated/α-hetero) is 1. The molecule has 0 spiro atoms. The molecule has 1 unspecified atom stereocenters. The molecule has 7 heteroatoms. The van der Waals surface area contributed by atoms with Gasteiger partial charge in [-0.3, -0.25) is 4.79 Å². The van der Waals surface area contributed by atoms with Gasteiger partial charge in [0.15, 0.2) is 0 Å². The van der Waals surface area contributed by atoms with Crippen molar-refractivity contribution in [1.29, 1.82) is 0 Å². The Balaban J connectivity index is 2.42. The van der Waals surface area contributed by atoms with Gasteiger partial charge in [-0.15, -0.1) is 0 Å². The van der Waals surface area contributed by atoms with Gasteiger partial charge in [-0.05, 0) is 68.5 Å². The summed E-state index contributed by atoms with van der Waals surface area (Å²) in [4.78, 5) is 11.4. The highest BCUT2D eigenvalue weighted by atomic mass is 127. The quantitative estimate of drug-likeness (QED) is 0.557. The van der Waals surface area contributed by atoms with Gasteiger partial charge >= 0.3 is 0 Å². The zero-order chi connectivity index (χ0) is 14.0. The maximum atomic E-state index is 11.4. The van der Waals surface area contributed by atoms with Crippen LogP contribution in [0.3, 0.4) is 0 Å². The van der Waals surface area contributed by atoms with Crippen molar-refractivity contribution in [1.82, 2.24) is 9.55 Å². The predicted octanol–water partition coefficient (Wildman–Crippen LogP) is 3.36. The van der Waals surface area contributed by atoms with Crippen molar-refractivity contribution in [2.24, 2.45) is 5.73 Å². The number of benzene rings is 1. The first-order valence-corrected chi connectivity index (χ1v) is 10.7. The Kier molecular flexibility index (Phi) is 5.34. The first kappa shape index (κ1) is 15.4. The number of aryl methyl sites for hydroxylation is 1. The molecule has 102 valence electrons. The molecule has 0 radical (unpaired) electrons. The SMILES string of the molecule is Cc1cc2c(cnn2PI)c(Br)c1CCC(=O)CN. The minimum absolute atomic E-state index is 0.0934. The zero-order valence-electron chi connectivity index (χ0n) is 10.4. The minimum Gasteiger partial charge on any atom is -0.324 e. The van der Waals surface area contributed by atoms with Crippen LogP contribution in [0.2, 0.25) is 0 Å². The number of fused-ring (bicyclic) bond motifs is 1. The summed E-state index contributed by atoms with van der Waals surface area (Å²) in [6.07, 6.45) is 3.66. The minimum atomic E-state index is 0.0934. The lowest BCUT2D eigenvalue weighted by Crippen LogP contribution is -2.14. The van der Waals surface area contributed by atoms with E-state index in [1.54, 1.807) is 0 Å². The van der Waals surface area contributed by atoms with Crippen LogP contribution in [0.4, 0.5) is 0 Å². The van der Waals surface area contributed by atoms with Gasteiger partial charge in [0.05, 0.1) is 24.6 Å². The van der Waals surface area contributed by atoms with Crippen molar-refractivity contribution in [2.75, 3.05) is 6.54 Å². The Morgan fingerprint density at radius 1 is 1.63 bits per heavy atom. The van der Waals surface area contributed by atoms with E-state index in [-0.39, 0.29) is 12.3 Å². The largest absolute Gasteiger partial charge is 0.324 e. The van der Waals surface area contributed by atoms with Gasteiger partial charge in [-0.25, -0.2) is 4.45 Å². The molecule has 0 aliphatic rings. The van der Waals surface area contributed by atoms with Crippen LogP contribution in [0.5, 0.6) is 0 Å². The third kappa shape index (κ3) is 3.17. The van der Waals surface area contributed by atoms with Crippen molar-refractivity contribution in [3.05, 3.63) is 27.9 Å². The molecule has 1 atom stereocenters. The topological polar surface area (TPSA) is 60.9 Å². The average molecular weight is 454 g/mol. The molecule has 4 nitrogen and oxygen atoms in total. The Morgan fingerprint density at radius 2 is 2.37 bits per heavy atom. The van der Waals surface area contributed by atoms with Gasteiger partial charge in [-0.1, -0.05) is 0 Å². The van der Waals surface area contributed by atoms with E-state index in [9.17, 15) is 4.79 Å². The van der Waals surface area contributed by atoms with Gasteiger partial charge in [-0.2, -0.15) is 5.10 Å². The molecule has 1 aromatic carbocycles. The van der Waals surface area contributed by atoms with Gasteiger partial charge in [0, 0.05) is 16.3 Å². The summed E-state index contributed by atoms with van der Waals surface area (Å²) in [6, 6.07) is 2.14. The number of hydrogen-bond acceptors (Lipinski definition) is 3. The fourth-order valence-corrected chi connectivity index (χ4v) is 4.38. The van der Waals surface area contributed by atoms with Crippen LogP contribution < -0.4 is 5.73 Å². The van der Waals surface area contributed by atoms with Crippen molar-refractivity contribution < 1.29 is 4.79 Å². The molecule has 19 heavy (non-hydrogen) atoms. The summed E-state index contributed by atoms with van der Waals surface area (Å²) in [7, 11) is 0. The molecular weight excluding hydrogens is 440 g/mol. The van der Waals surface area contributed by atoms with Gasteiger partial charge < -0.3 is 5.73 Å². The maximum Gasteiger partial charge on any atom is 0.146 e. The maximum absolute atomic E-state index is 11.4. The normalized spacial score (nSPS) is 11.8. The van der Waals surface area contributed by atoms with E-state index in [0.717, 1.165) is 21.8 Å². The number of ketones is 1. The average Bonchev–Trinajstić information content (AvgIpc) is 2.81. The number of nitrogens with two attached hydrogens (primary N) is 1. The smallest absolute Gasteiger partial charge is 0.146 e. The fraction of sp³-hybridized carbons (Fsp3) is 0.333. The van der Waals surface area contributed by atoms with E-state index in [4.69, 9.17) is 5.73 Å². The molecule has 0 fully saturated rings. The lowest BCUT2D eigenvalue weighted by atomic mass is 10.0. The van der Waals surface area contributed by atoms with Crippen LogP contribution >= 0.6 is 44.3 Å². The van der Waals surface area contributed by atoms with Crippen LogP contribution in [0, 0.1) is 6.92 Å². The molecular formula is C12H14BrIN3OP. The van der Waals surface area contributed by atoms with E-state index >= 15 is 0 Å². The van der Waals surface area contributed by atoms with Crippen molar-refractivity contribution in [3.8, 4) is 0 Å². The molecule has 0 amide bonds. The summed E-state index contributed by atoms with van der Waals surface area (Å²) in [5, 5.41) is 5.47. The summed E-state index contributed by atoms with van der Waals surface area (Å²) in [5.74, 6) is 0.0934. The van der Waals surface area contributed by atoms with E-state index in [0.29, 0.717) is 12.8 Å². The fourth-order valence-electron chi connectivity index (χ4n) is 2.03. The van der Waals surface area contributed by atoms with Gasteiger partial charge in [0.1, 0.15) is 5.78 Å². The highest BCUT2D eigenvalue weighted by Crippen LogP contribution is 2.35. The van der Waals surface area contributed by atoms with Gasteiger partial charge in [0.25, 0.3) is 0 Å². The molecule has 0 bridgehead atoms. The predicted molar refractivity (Wildman–Crippen MR) is 92.3 cm³/mol. The van der Waals surface area contributed by atoms with Crippen LogP contribution in [0.1, 0.15) is 17.5 Å². The molecule has 2 N–H and O–H groups in total. The second-order valence-electron chi connectivity index (χ2n) is 4.30. The highest BCUT2D eigenvalue weighted by Gasteiger charge is 2.13. The number of rotatable bonds is 5. The molecule has 0 saturated carbocycles. The number of nitrogens with zero attached hydrogens (tertiary/aromatic N) is 2. The zero-order valence-corrected chi connectivity index (χ0v) is 15.2. The number of carbonyl (C=O) groups excluding carboxylic acids is 1. The monoisotopic (exact) mass is 453 g/mol. The molecule has 0 aliphatic heterocycles. The Bertz CT molecular complexity index is 629. The van der Waals surface area contributed by atoms with E-state index in [1.807, 2.05) is 10.6 Å². The summed E-state index contributed by atoms with van der Waals surface area (Å²) >= 11 is 5.97. The van der Waals surface area contributed by atoms with E-state index in [2.05, 4.69) is 56.1 Å².